The molecule has 0 radical (unpaired) electrons. The van der Waals surface area contributed by atoms with Crippen molar-refractivity contribution >= 4 is 18.3 Å². The van der Waals surface area contributed by atoms with Crippen LogP contribution in [-0.2, 0) is 9.53 Å². The molecule has 4 nitrogen and oxygen atoms in total. The van der Waals surface area contributed by atoms with Crippen LogP contribution in [0.5, 0.6) is 0 Å². The van der Waals surface area contributed by atoms with E-state index in [1.165, 1.54) is 4.90 Å². The maximum absolute atomic E-state index is 10.7. The van der Waals surface area contributed by atoms with Crippen molar-refractivity contribution in [2.75, 3.05) is 26.7 Å². The van der Waals surface area contributed by atoms with Gasteiger partial charge in [0, 0.05) is 17.2 Å². The van der Waals surface area contributed by atoms with E-state index < -0.39 is 19.0 Å². The monoisotopic (exact) mass is 183 g/mol. The number of carbonyl (C=O) groups excluding carboxylic acids is 1. The number of morpholine rings is 1. The minimum absolute atomic E-state index is 0. The smallest absolute Gasteiger partial charge is 0.247 e. The van der Waals surface area contributed by atoms with Crippen LogP contribution in [0.4, 0.5) is 0 Å². The van der Waals surface area contributed by atoms with Crippen LogP contribution in [0, 0.1) is 0 Å². The lowest BCUT2D eigenvalue weighted by molar-refractivity contribution is -0.134. The fourth-order valence-electron chi connectivity index (χ4n) is 0.821. The average Bonchev–Trinajstić information content (AvgIpc) is 2.03. The molecular formula is C6H13ClN2O2. The summed E-state index contributed by atoms with van der Waals surface area (Å²) in [7, 11) is 0. The van der Waals surface area contributed by atoms with E-state index in [-0.39, 0.29) is 25.6 Å². The van der Waals surface area contributed by atoms with Gasteiger partial charge in [-0.3, -0.25) is 4.79 Å². The van der Waals surface area contributed by atoms with Crippen LogP contribution in [0.1, 0.15) is 4.11 Å². The Bertz CT molecular complexity index is 212. The molecule has 0 bridgehead atoms. The second kappa shape index (κ2) is 4.54. The molecule has 0 spiro atoms. The SMILES string of the molecule is Cl.[2H]C([2H])([2H])N1CCO[C@H](C(N)=O)C1. The molecule has 0 aromatic rings. The van der Waals surface area contributed by atoms with Gasteiger partial charge >= 0.3 is 0 Å². The summed E-state index contributed by atoms with van der Waals surface area (Å²) >= 11 is 0. The summed E-state index contributed by atoms with van der Waals surface area (Å²) < 4.78 is 26.3. The third-order valence-electron chi connectivity index (χ3n) is 1.38. The predicted molar refractivity (Wildman–Crippen MR) is 43.7 cm³/mol. The van der Waals surface area contributed by atoms with Gasteiger partial charge in [0.1, 0.15) is 6.10 Å². The van der Waals surface area contributed by atoms with Gasteiger partial charge in [0.05, 0.1) is 6.61 Å². The van der Waals surface area contributed by atoms with E-state index in [2.05, 4.69) is 0 Å². The Morgan fingerprint density at radius 3 is 3.18 bits per heavy atom. The molecule has 1 rings (SSSR count). The number of nitrogens with zero attached hydrogens (tertiary/aromatic N) is 1. The number of ether oxygens (including phenoxy) is 1. The topological polar surface area (TPSA) is 55.6 Å². The second-order valence-corrected chi connectivity index (χ2v) is 2.21. The molecule has 1 amide bonds. The standard InChI is InChI=1S/C6H12N2O2.ClH/c1-8-2-3-10-5(4-8)6(7)9;/h5H,2-4H2,1H3,(H2,7,9);1H/t5-;/m0./s1/i1D3;. The number of carbonyl (C=O) groups is 1. The van der Waals surface area contributed by atoms with Crippen molar-refractivity contribution in [3.8, 4) is 0 Å². The first-order valence-corrected chi connectivity index (χ1v) is 3.07. The van der Waals surface area contributed by atoms with E-state index in [4.69, 9.17) is 14.6 Å². The Kier molecular flexibility index (Phi) is 2.57. The van der Waals surface area contributed by atoms with Crippen molar-refractivity contribution in [3.63, 3.8) is 0 Å². The molecular weight excluding hydrogens is 168 g/mol. The molecule has 1 atom stereocenters. The minimum Gasteiger partial charge on any atom is -0.367 e. The summed E-state index contributed by atoms with van der Waals surface area (Å²) in [5.41, 5.74) is 5.00. The van der Waals surface area contributed by atoms with Crippen LogP contribution in [-0.4, -0.2) is 43.6 Å². The van der Waals surface area contributed by atoms with E-state index >= 15 is 0 Å². The fourth-order valence-corrected chi connectivity index (χ4v) is 0.821. The van der Waals surface area contributed by atoms with E-state index in [0.29, 0.717) is 6.54 Å². The van der Waals surface area contributed by atoms with Gasteiger partial charge in [0.15, 0.2) is 0 Å². The van der Waals surface area contributed by atoms with Crippen LogP contribution in [0.2, 0.25) is 0 Å². The lowest BCUT2D eigenvalue weighted by Crippen LogP contribution is -2.46. The first-order valence-electron chi connectivity index (χ1n) is 4.57. The molecule has 0 aromatic heterocycles. The van der Waals surface area contributed by atoms with Crippen molar-refractivity contribution < 1.29 is 13.6 Å². The highest BCUT2D eigenvalue weighted by molar-refractivity contribution is 5.85. The van der Waals surface area contributed by atoms with Crippen molar-refractivity contribution in [3.05, 3.63) is 0 Å². The third-order valence-corrected chi connectivity index (χ3v) is 1.38. The lowest BCUT2D eigenvalue weighted by atomic mass is 10.3. The number of amides is 1. The van der Waals surface area contributed by atoms with E-state index in [1.54, 1.807) is 0 Å². The molecule has 1 aliphatic heterocycles. The predicted octanol–water partition coefficient (Wildman–Crippen LogP) is -0.776. The molecule has 1 aliphatic rings. The molecule has 0 unspecified atom stereocenters. The molecule has 0 aromatic carbocycles. The Balaban J connectivity index is 0.00000169. The number of likely N-dealkylation sites (N-methyl/N-ethyl adjacent to an activating group) is 1. The van der Waals surface area contributed by atoms with Crippen molar-refractivity contribution in [1.29, 1.82) is 0 Å². The van der Waals surface area contributed by atoms with Crippen LogP contribution in [0.15, 0.2) is 0 Å². The van der Waals surface area contributed by atoms with Gasteiger partial charge in [-0.2, -0.15) is 0 Å². The molecule has 1 fully saturated rings. The maximum atomic E-state index is 10.7. The second-order valence-electron chi connectivity index (χ2n) is 2.21. The number of rotatable bonds is 1. The summed E-state index contributed by atoms with van der Waals surface area (Å²) in [6, 6.07) is 0. The first-order chi connectivity index (χ1) is 5.91. The third kappa shape index (κ3) is 3.05. The molecule has 0 aliphatic carbocycles. The highest BCUT2D eigenvalue weighted by atomic mass is 35.5. The molecule has 1 heterocycles. The average molecular weight is 184 g/mol. The lowest BCUT2D eigenvalue weighted by Gasteiger charge is -2.27. The van der Waals surface area contributed by atoms with Crippen LogP contribution >= 0.6 is 12.4 Å². The maximum Gasteiger partial charge on any atom is 0.247 e. The number of primary amides is 1. The minimum atomic E-state index is -2.17. The fraction of sp³-hybridized carbons (Fsp3) is 0.833. The zero-order valence-electron chi connectivity index (χ0n) is 8.95. The van der Waals surface area contributed by atoms with Crippen LogP contribution in [0.3, 0.4) is 0 Å². The normalized spacial score (nSPS) is 30.9. The molecule has 0 saturated carbocycles. The van der Waals surface area contributed by atoms with Gasteiger partial charge in [0.2, 0.25) is 5.91 Å². The zero-order chi connectivity index (χ0) is 10.1. The summed E-state index contributed by atoms with van der Waals surface area (Å²) in [5.74, 6) is -0.617. The van der Waals surface area contributed by atoms with E-state index in [1.807, 2.05) is 0 Å². The summed E-state index contributed by atoms with van der Waals surface area (Å²) in [4.78, 5) is 11.9. The summed E-state index contributed by atoms with van der Waals surface area (Å²) in [6.07, 6.45) is -0.797. The largest absolute Gasteiger partial charge is 0.367 e. The summed E-state index contributed by atoms with van der Waals surface area (Å²) in [5, 5.41) is 0. The van der Waals surface area contributed by atoms with Gasteiger partial charge in [0.25, 0.3) is 0 Å². The van der Waals surface area contributed by atoms with Crippen molar-refractivity contribution in [2.24, 2.45) is 5.73 Å². The summed E-state index contributed by atoms with van der Waals surface area (Å²) in [6.45, 7) is -1.59. The van der Waals surface area contributed by atoms with Gasteiger partial charge in [-0.05, 0) is 6.98 Å². The van der Waals surface area contributed by atoms with E-state index in [9.17, 15) is 4.79 Å². The van der Waals surface area contributed by atoms with Crippen molar-refractivity contribution in [2.45, 2.75) is 6.10 Å². The highest BCUT2D eigenvalue weighted by Crippen LogP contribution is 2.00. The van der Waals surface area contributed by atoms with Gasteiger partial charge in [-0.15, -0.1) is 12.4 Å². The zero-order valence-corrected chi connectivity index (χ0v) is 6.76. The van der Waals surface area contributed by atoms with Gasteiger partial charge < -0.3 is 15.4 Å². The Hall–Kier alpha value is -0.320. The quantitative estimate of drug-likeness (QED) is 0.581. The number of nitrogens with two attached hydrogens (primary N) is 1. The number of hydrogen-bond acceptors (Lipinski definition) is 3. The Labute approximate surface area is 76.3 Å². The number of halogens is 1. The number of hydrogen-bond donors (Lipinski definition) is 1. The Morgan fingerprint density at radius 1 is 1.91 bits per heavy atom. The molecule has 11 heavy (non-hydrogen) atoms. The Morgan fingerprint density at radius 2 is 2.64 bits per heavy atom. The van der Waals surface area contributed by atoms with Crippen LogP contribution in [0.25, 0.3) is 0 Å². The van der Waals surface area contributed by atoms with Crippen LogP contribution < -0.4 is 5.73 Å². The van der Waals surface area contributed by atoms with Crippen molar-refractivity contribution in [1.82, 2.24) is 4.90 Å². The van der Waals surface area contributed by atoms with Gasteiger partial charge in [-0.1, -0.05) is 0 Å². The molecule has 1 saturated heterocycles. The van der Waals surface area contributed by atoms with E-state index in [0.717, 1.165) is 0 Å². The molecule has 5 heteroatoms. The molecule has 2 N–H and O–H groups in total. The highest BCUT2D eigenvalue weighted by Gasteiger charge is 2.21. The molecule has 66 valence electrons. The first kappa shape index (κ1) is 6.22. The van der Waals surface area contributed by atoms with Gasteiger partial charge in [-0.25, -0.2) is 0 Å².